The van der Waals surface area contributed by atoms with Crippen LogP contribution in [0.4, 0.5) is 0 Å². The van der Waals surface area contributed by atoms with Gasteiger partial charge in [-0.25, -0.2) is 9.97 Å². The largest absolute Gasteiger partial charge is 0.361 e. The molecule has 4 aromatic heterocycles. The topological polar surface area (TPSA) is 109 Å². The smallest absolute Gasteiger partial charge is 0.141 e. The van der Waals surface area contributed by atoms with Gasteiger partial charge in [-0.1, -0.05) is 16.2 Å². The van der Waals surface area contributed by atoms with E-state index in [-0.39, 0.29) is 0 Å². The number of aromatic amines is 2. The molecule has 2 aliphatic rings. The number of halogens is 1. The first-order valence-electron chi connectivity index (χ1n) is 14.3. The Morgan fingerprint density at radius 2 is 1.24 bits per heavy atom. The number of hydrogen-bond donors (Lipinski definition) is 2. The number of aromatic nitrogens is 6. The summed E-state index contributed by atoms with van der Waals surface area (Å²) in [6.07, 6.45) is 4.97. The molecule has 2 saturated carbocycles. The molecule has 0 saturated heterocycles. The van der Waals surface area contributed by atoms with Crippen LogP contribution in [0.3, 0.4) is 0 Å². The molecule has 2 fully saturated rings. The second-order valence-electron chi connectivity index (χ2n) is 11.3. The van der Waals surface area contributed by atoms with Crippen LogP contribution in [0.5, 0.6) is 0 Å². The summed E-state index contributed by atoms with van der Waals surface area (Å²) < 4.78 is 11.7. The highest BCUT2D eigenvalue weighted by Crippen LogP contribution is 2.41. The Morgan fingerprint density at radius 1 is 0.738 bits per heavy atom. The maximum atomic E-state index is 5.30. The summed E-state index contributed by atoms with van der Waals surface area (Å²) in [6, 6.07) is 8.53. The van der Waals surface area contributed by atoms with Gasteiger partial charge >= 0.3 is 0 Å². The Bertz CT molecular complexity index is 2000. The minimum absolute atomic E-state index is 0.595. The molecule has 0 spiro atoms. The molecule has 0 amide bonds. The first-order chi connectivity index (χ1) is 20.3. The van der Waals surface area contributed by atoms with Gasteiger partial charge in [-0.3, -0.25) is 0 Å². The van der Waals surface area contributed by atoms with Gasteiger partial charge in [-0.2, -0.15) is 0 Å². The molecule has 0 unspecified atom stereocenters. The first kappa shape index (κ1) is 27.0. The molecule has 0 radical (unpaired) electrons. The van der Waals surface area contributed by atoms with Gasteiger partial charge in [0.05, 0.1) is 28.0 Å². The number of rotatable bonds is 4. The minimum atomic E-state index is 0.595. The quantitative estimate of drug-likeness (QED) is 0.144. The van der Waals surface area contributed by atoms with E-state index in [0.717, 1.165) is 84.4 Å². The van der Waals surface area contributed by atoms with Crippen LogP contribution in [-0.4, -0.2) is 30.2 Å². The number of nitrogens with zero attached hydrogens (tertiary/aromatic N) is 4. The molecule has 42 heavy (non-hydrogen) atoms. The maximum Gasteiger partial charge on any atom is 0.141 e. The highest BCUT2D eigenvalue weighted by atomic mass is 127. The number of nitrogens with one attached hydrogen (secondary N) is 2. The number of aryl methyl sites for hydroxylation is 4. The zero-order chi connectivity index (χ0) is 29.1. The third kappa shape index (κ3) is 4.91. The van der Waals surface area contributed by atoms with Crippen LogP contribution in [0.15, 0.2) is 33.3 Å². The van der Waals surface area contributed by atoms with Gasteiger partial charge in [0.1, 0.15) is 34.2 Å². The van der Waals surface area contributed by atoms with Crippen LogP contribution in [0.2, 0.25) is 0 Å². The molecule has 212 valence electrons. The Hall–Kier alpha value is -3.91. The molecule has 2 N–H and O–H groups in total. The van der Waals surface area contributed by atoms with E-state index < -0.39 is 0 Å². The van der Waals surface area contributed by atoms with Crippen LogP contribution >= 0.6 is 22.6 Å². The van der Waals surface area contributed by atoms with Crippen molar-refractivity contribution in [3.8, 4) is 34.1 Å². The summed E-state index contributed by atoms with van der Waals surface area (Å²) in [5.74, 6) is 11.3. The van der Waals surface area contributed by atoms with Gasteiger partial charge in [-0.15, -0.1) is 5.92 Å². The van der Waals surface area contributed by atoms with Gasteiger partial charge in [0.25, 0.3) is 0 Å². The van der Waals surface area contributed by atoms with Crippen LogP contribution < -0.4 is 0 Å². The van der Waals surface area contributed by atoms with E-state index >= 15 is 0 Å². The van der Waals surface area contributed by atoms with E-state index in [4.69, 9.17) is 19.0 Å². The van der Waals surface area contributed by atoms with Crippen molar-refractivity contribution in [2.75, 3.05) is 0 Å². The fourth-order valence-corrected chi connectivity index (χ4v) is 6.39. The SMILES string of the molecule is CC#Cc1cc(-c2c(C)noc2C)cc2[nH]c(C3CC3)nc12.Cc1noc(C)c1-c1cc(I)c2nc(C3CC3)[nH]c2c1. The Labute approximate surface area is 257 Å². The van der Waals surface area contributed by atoms with E-state index in [9.17, 15) is 0 Å². The highest BCUT2D eigenvalue weighted by Gasteiger charge is 2.28. The third-order valence-electron chi connectivity index (χ3n) is 8.00. The zero-order valence-corrected chi connectivity index (χ0v) is 26.4. The summed E-state index contributed by atoms with van der Waals surface area (Å²) in [5.41, 5.74) is 11.3. The fraction of sp³-hybridized carbons (Fsp3) is 0.333. The van der Waals surface area contributed by atoms with Crippen LogP contribution in [0, 0.1) is 43.1 Å². The predicted molar refractivity (Wildman–Crippen MR) is 171 cm³/mol. The first-order valence-corrected chi connectivity index (χ1v) is 15.4. The summed E-state index contributed by atoms with van der Waals surface area (Å²) in [4.78, 5) is 16.4. The maximum absolute atomic E-state index is 5.30. The Kier molecular flexibility index (Phi) is 6.69. The lowest BCUT2D eigenvalue weighted by Crippen LogP contribution is -1.86. The standard InChI is InChI=1S/C18H17N3O.C15H14IN3O/c1-4-5-13-8-14(16-10(2)21-22-11(16)3)9-15-17(13)20-18(19-15)12-6-7-12;1-7-13(8(2)20-19-7)10-5-11(16)14-12(6-10)17-15(18-14)9-3-4-9/h8-9,12H,6-7H2,1-3H3,(H,19,20);5-6,9H,3-4H2,1-2H3,(H,17,18). The second-order valence-corrected chi connectivity index (χ2v) is 12.5. The molecule has 4 heterocycles. The van der Waals surface area contributed by atoms with Crippen LogP contribution in [0.1, 0.15) is 84.6 Å². The molecular weight excluding hydrogens is 639 g/mol. The molecule has 6 aromatic rings. The normalized spacial score (nSPS) is 14.6. The van der Waals surface area contributed by atoms with E-state index in [0.29, 0.717) is 11.8 Å². The van der Waals surface area contributed by atoms with Gasteiger partial charge in [-0.05, 0) is 118 Å². The van der Waals surface area contributed by atoms with Crippen LogP contribution in [0.25, 0.3) is 44.3 Å². The summed E-state index contributed by atoms with van der Waals surface area (Å²) in [5, 5.41) is 8.10. The van der Waals surface area contributed by atoms with Crippen molar-refractivity contribution in [3.63, 3.8) is 0 Å². The number of H-pyrrole nitrogens is 2. The molecular formula is C33H31IN6O2. The third-order valence-corrected chi connectivity index (χ3v) is 8.82. The fourth-order valence-electron chi connectivity index (χ4n) is 5.64. The molecule has 8 rings (SSSR count). The van der Waals surface area contributed by atoms with Gasteiger partial charge in [0.15, 0.2) is 0 Å². The van der Waals surface area contributed by atoms with Crippen molar-refractivity contribution < 1.29 is 9.05 Å². The Balaban J connectivity index is 0.000000138. The Morgan fingerprint density at radius 3 is 1.71 bits per heavy atom. The van der Waals surface area contributed by atoms with Crippen molar-refractivity contribution >= 4 is 44.7 Å². The summed E-state index contributed by atoms with van der Waals surface area (Å²) >= 11 is 2.36. The van der Waals surface area contributed by atoms with Crippen molar-refractivity contribution in [1.82, 2.24) is 30.2 Å². The van der Waals surface area contributed by atoms with E-state index in [1.54, 1.807) is 0 Å². The van der Waals surface area contributed by atoms with E-state index in [1.807, 2.05) is 34.6 Å². The number of hydrogen-bond acceptors (Lipinski definition) is 6. The number of imidazole rings is 2. The zero-order valence-electron chi connectivity index (χ0n) is 24.3. The summed E-state index contributed by atoms with van der Waals surface area (Å²) in [7, 11) is 0. The average Bonchev–Trinajstić information content (AvgIpc) is 3.85. The predicted octanol–water partition coefficient (Wildman–Crippen LogP) is 8.40. The van der Waals surface area contributed by atoms with Gasteiger partial charge in [0, 0.05) is 26.5 Å². The van der Waals surface area contributed by atoms with Crippen molar-refractivity contribution in [3.05, 3.63) is 68.0 Å². The van der Waals surface area contributed by atoms with Gasteiger partial charge < -0.3 is 19.0 Å². The molecule has 9 heteroatoms. The molecule has 8 nitrogen and oxygen atoms in total. The lowest BCUT2D eigenvalue weighted by atomic mass is 10.0. The van der Waals surface area contributed by atoms with Crippen molar-refractivity contribution in [2.45, 2.75) is 72.1 Å². The molecule has 2 aliphatic carbocycles. The van der Waals surface area contributed by atoms with E-state index in [2.05, 4.69) is 79.0 Å². The number of fused-ring (bicyclic) bond motifs is 2. The van der Waals surface area contributed by atoms with Gasteiger partial charge in [0.2, 0.25) is 0 Å². The van der Waals surface area contributed by atoms with E-state index in [1.165, 1.54) is 29.3 Å². The van der Waals surface area contributed by atoms with Crippen molar-refractivity contribution in [1.29, 1.82) is 0 Å². The van der Waals surface area contributed by atoms with Crippen molar-refractivity contribution in [2.24, 2.45) is 0 Å². The highest BCUT2D eigenvalue weighted by molar-refractivity contribution is 14.1. The summed E-state index contributed by atoms with van der Waals surface area (Å²) in [6.45, 7) is 9.68. The lowest BCUT2D eigenvalue weighted by molar-refractivity contribution is 0.393. The molecule has 0 aliphatic heterocycles. The lowest BCUT2D eigenvalue weighted by Gasteiger charge is -2.02. The van der Waals surface area contributed by atoms with Crippen LogP contribution in [-0.2, 0) is 0 Å². The number of benzene rings is 2. The molecule has 2 aromatic carbocycles. The minimum Gasteiger partial charge on any atom is -0.361 e. The monoisotopic (exact) mass is 670 g/mol. The molecule has 0 atom stereocenters. The second kappa shape index (κ2) is 10.4. The average molecular weight is 671 g/mol. The molecule has 0 bridgehead atoms.